The van der Waals surface area contributed by atoms with Crippen LogP contribution in [0.1, 0.15) is 11.5 Å². The summed E-state index contributed by atoms with van der Waals surface area (Å²) in [7, 11) is 3.68. The molecule has 7 heteroatoms. The predicted molar refractivity (Wildman–Crippen MR) is 82.3 cm³/mol. The van der Waals surface area contributed by atoms with E-state index in [1.54, 1.807) is 19.6 Å². The Morgan fingerprint density at radius 3 is 2.84 bits per heavy atom. The molecule has 2 aromatic rings. The van der Waals surface area contributed by atoms with Crippen LogP contribution >= 0.6 is 24.0 Å². The molecule has 2 aromatic heterocycles. The van der Waals surface area contributed by atoms with Gasteiger partial charge in [0.05, 0.1) is 19.4 Å². The fraction of sp³-hybridized carbons (Fsp3) is 0.333. The molecule has 0 unspecified atom stereocenters. The van der Waals surface area contributed by atoms with Gasteiger partial charge < -0.3 is 19.2 Å². The first-order valence-corrected chi connectivity index (χ1v) is 5.63. The maximum absolute atomic E-state index is 5.25. The Bertz CT molecular complexity index is 482. The zero-order chi connectivity index (χ0) is 12.8. The summed E-state index contributed by atoms with van der Waals surface area (Å²) in [5, 5.41) is 7.07. The molecule has 0 saturated heterocycles. The lowest BCUT2D eigenvalue weighted by Gasteiger charge is -2.20. The molecule has 2 heterocycles. The SMILES string of the molecule is CN=C(NCc1ccco1)N(C)Cc1ccon1.I. The molecule has 0 atom stereocenters. The van der Waals surface area contributed by atoms with Crippen LogP contribution in [-0.2, 0) is 13.1 Å². The first-order valence-electron chi connectivity index (χ1n) is 5.63. The maximum Gasteiger partial charge on any atom is 0.194 e. The summed E-state index contributed by atoms with van der Waals surface area (Å²) in [5.41, 5.74) is 0.860. The smallest absolute Gasteiger partial charge is 0.194 e. The van der Waals surface area contributed by atoms with Crippen molar-refractivity contribution in [2.24, 2.45) is 4.99 Å². The number of guanidine groups is 1. The standard InChI is InChI=1S/C12H16N4O2.HI/c1-13-12(14-8-11-4-3-6-17-11)16(2)9-10-5-7-18-15-10;/h3-7H,8-9H2,1-2H3,(H,13,14);1H. The predicted octanol–water partition coefficient (Wildman–Crippen LogP) is 2.09. The molecule has 0 aliphatic carbocycles. The Kier molecular flexibility index (Phi) is 6.40. The Morgan fingerprint density at radius 2 is 2.26 bits per heavy atom. The van der Waals surface area contributed by atoms with E-state index in [1.165, 1.54) is 0 Å². The van der Waals surface area contributed by atoms with Crippen LogP contribution < -0.4 is 5.32 Å². The van der Waals surface area contributed by atoms with Crippen molar-refractivity contribution in [2.45, 2.75) is 13.1 Å². The number of nitrogens with zero attached hydrogens (tertiary/aromatic N) is 3. The van der Waals surface area contributed by atoms with E-state index in [0.717, 1.165) is 17.4 Å². The molecule has 104 valence electrons. The van der Waals surface area contributed by atoms with E-state index in [1.807, 2.05) is 30.1 Å². The monoisotopic (exact) mass is 376 g/mol. The van der Waals surface area contributed by atoms with Gasteiger partial charge in [0.25, 0.3) is 0 Å². The average molecular weight is 376 g/mol. The molecule has 0 fully saturated rings. The van der Waals surface area contributed by atoms with Crippen LogP contribution in [0.15, 0.2) is 44.7 Å². The number of halogens is 1. The number of aromatic nitrogens is 1. The molecule has 0 aliphatic heterocycles. The fourth-order valence-electron chi connectivity index (χ4n) is 1.60. The van der Waals surface area contributed by atoms with Gasteiger partial charge in [0.15, 0.2) is 5.96 Å². The number of rotatable bonds is 4. The molecule has 19 heavy (non-hydrogen) atoms. The number of nitrogens with one attached hydrogen (secondary N) is 1. The first-order chi connectivity index (χ1) is 8.79. The first kappa shape index (κ1) is 15.5. The van der Waals surface area contributed by atoms with Crippen molar-refractivity contribution >= 4 is 29.9 Å². The molecule has 0 aromatic carbocycles. The summed E-state index contributed by atoms with van der Waals surface area (Å²) < 4.78 is 10.0. The lowest BCUT2D eigenvalue weighted by Crippen LogP contribution is -2.38. The molecule has 2 rings (SSSR count). The van der Waals surface area contributed by atoms with Crippen LogP contribution in [-0.4, -0.2) is 30.1 Å². The molecule has 0 amide bonds. The van der Waals surface area contributed by atoms with E-state index in [0.29, 0.717) is 13.1 Å². The highest BCUT2D eigenvalue weighted by molar-refractivity contribution is 14.0. The van der Waals surface area contributed by atoms with Crippen LogP contribution in [0.4, 0.5) is 0 Å². The molecule has 6 nitrogen and oxygen atoms in total. The quantitative estimate of drug-likeness (QED) is 0.503. The number of furan rings is 1. The van der Waals surface area contributed by atoms with Crippen molar-refractivity contribution in [3.63, 3.8) is 0 Å². The van der Waals surface area contributed by atoms with E-state index < -0.39 is 0 Å². The molecule has 1 N–H and O–H groups in total. The summed E-state index contributed by atoms with van der Waals surface area (Å²) in [5.74, 6) is 1.64. The van der Waals surface area contributed by atoms with Gasteiger partial charge in [0.2, 0.25) is 0 Å². The van der Waals surface area contributed by atoms with Crippen LogP contribution in [0.2, 0.25) is 0 Å². The van der Waals surface area contributed by atoms with Crippen molar-refractivity contribution in [3.8, 4) is 0 Å². The van der Waals surface area contributed by atoms with Gasteiger partial charge >= 0.3 is 0 Å². The highest BCUT2D eigenvalue weighted by Gasteiger charge is 2.08. The molecule has 0 aliphatic rings. The Morgan fingerprint density at radius 1 is 1.42 bits per heavy atom. The summed E-state index contributed by atoms with van der Waals surface area (Å²) >= 11 is 0. The Labute approximate surface area is 128 Å². The zero-order valence-electron chi connectivity index (χ0n) is 10.9. The van der Waals surface area contributed by atoms with E-state index in [-0.39, 0.29) is 24.0 Å². The minimum absolute atomic E-state index is 0. The van der Waals surface area contributed by atoms with Crippen LogP contribution in [0.3, 0.4) is 0 Å². The minimum atomic E-state index is 0. The van der Waals surface area contributed by atoms with Gasteiger partial charge in [0, 0.05) is 20.2 Å². The Hall–Kier alpha value is -1.51. The second-order valence-corrected chi connectivity index (χ2v) is 3.83. The second-order valence-electron chi connectivity index (χ2n) is 3.83. The van der Waals surface area contributed by atoms with E-state index in [4.69, 9.17) is 8.94 Å². The molecule has 0 spiro atoms. The van der Waals surface area contributed by atoms with Crippen molar-refractivity contribution in [2.75, 3.05) is 14.1 Å². The molecular formula is C12H17IN4O2. The Balaban J connectivity index is 0.00000180. The third-order valence-corrected chi connectivity index (χ3v) is 2.46. The lowest BCUT2D eigenvalue weighted by atomic mass is 10.4. The van der Waals surface area contributed by atoms with Gasteiger partial charge in [-0.2, -0.15) is 0 Å². The summed E-state index contributed by atoms with van der Waals surface area (Å²) in [4.78, 5) is 6.16. The van der Waals surface area contributed by atoms with Gasteiger partial charge in [-0.25, -0.2) is 0 Å². The zero-order valence-corrected chi connectivity index (χ0v) is 13.2. The average Bonchev–Trinajstić information content (AvgIpc) is 3.02. The van der Waals surface area contributed by atoms with Crippen molar-refractivity contribution in [3.05, 3.63) is 42.2 Å². The molecule has 0 bridgehead atoms. The minimum Gasteiger partial charge on any atom is -0.467 e. The maximum atomic E-state index is 5.25. The topological polar surface area (TPSA) is 66.8 Å². The van der Waals surface area contributed by atoms with Crippen LogP contribution in [0.25, 0.3) is 0 Å². The highest BCUT2D eigenvalue weighted by atomic mass is 127. The fourth-order valence-corrected chi connectivity index (χ4v) is 1.60. The normalized spacial score (nSPS) is 10.9. The number of hydrogen-bond acceptors (Lipinski definition) is 4. The third-order valence-electron chi connectivity index (χ3n) is 2.46. The number of hydrogen-bond donors (Lipinski definition) is 1. The molecule has 0 radical (unpaired) electrons. The van der Waals surface area contributed by atoms with Gasteiger partial charge in [-0.15, -0.1) is 24.0 Å². The van der Waals surface area contributed by atoms with Gasteiger partial charge in [-0.05, 0) is 12.1 Å². The second kappa shape index (κ2) is 7.82. The third kappa shape index (κ3) is 4.58. The van der Waals surface area contributed by atoms with E-state index in [9.17, 15) is 0 Å². The van der Waals surface area contributed by atoms with E-state index >= 15 is 0 Å². The van der Waals surface area contributed by atoms with Gasteiger partial charge in [0.1, 0.15) is 17.7 Å². The van der Waals surface area contributed by atoms with Gasteiger partial charge in [-0.3, -0.25) is 4.99 Å². The van der Waals surface area contributed by atoms with Crippen molar-refractivity contribution < 1.29 is 8.94 Å². The van der Waals surface area contributed by atoms with Gasteiger partial charge in [-0.1, -0.05) is 5.16 Å². The molecule has 0 saturated carbocycles. The van der Waals surface area contributed by atoms with Crippen LogP contribution in [0.5, 0.6) is 0 Å². The van der Waals surface area contributed by atoms with Crippen LogP contribution in [0, 0.1) is 0 Å². The van der Waals surface area contributed by atoms with Crippen molar-refractivity contribution in [1.29, 1.82) is 0 Å². The lowest BCUT2D eigenvalue weighted by molar-refractivity contribution is 0.390. The molecular weight excluding hydrogens is 359 g/mol. The largest absolute Gasteiger partial charge is 0.467 e. The summed E-state index contributed by atoms with van der Waals surface area (Å²) in [6, 6.07) is 5.60. The summed E-state index contributed by atoms with van der Waals surface area (Å²) in [6.07, 6.45) is 3.21. The number of aliphatic imine (C=N–C) groups is 1. The summed E-state index contributed by atoms with van der Waals surface area (Å²) in [6.45, 7) is 1.23. The van der Waals surface area contributed by atoms with Crippen molar-refractivity contribution in [1.82, 2.24) is 15.4 Å². The highest BCUT2D eigenvalue weighted by Crippen LogP contribution is 2.02. The van der Waals surface area contributed by atoms with E-state index in [2.05, 4.69) is 15.5 Å².